The molecule has 2 aromatic carbocycles. The quantitative estimate of drug-likeness (QED) is 0.805. The number of hydrogen-bond donors (Lipinski definition) is 1. The van der Waals surface area contributed by atoms with Crippen LogP contribution in [0.15, 0.2) is 42.5 Å². The monoisotopic (exact) mass is 420 g/mol. The Bertz CT molecular complexity index is 1060. The van der Waals surface area contributed by atoms with Crippen LogP contribution < -0.4 is 15.1 Å². The van der Waals surface area contributed by atoms with Crippen LogP contribution >= 0.6 is 0 Å². The molecule has 1 N–H and O–H groups in total. The second-order valence-electron chi connectivity index (χ2n) is 8.61. The van der Waals surface area contributed by atoms with E-state index in [1.807, 2.05) is 63.2 Å². The van der Waals surface area contributed by atoms with Gasteiger partial charge in [-0.2, -0.15) is 0 Å². The fourth-order valence-electron chi connectivity index (χ4n) is 4.53. The number of rotatable bonds is 5. The average molecular weight is 421 g/mol. The molecule has 0 saturated carbocycles. The van der Waals surface area contributed by atoms with E-state index in [-0.39, 0.29) is 30.7 Å². The van der Waals surface area contributed by atoms with Gasteiger partial charge in [-0.25, -0.2) is 0 Å². The highest BCUT2D eigenvalue weighted by Gasteiger charge is 2.52. The van der Waals surface area contributed by atoms with Gasteiger partial charge in [-0.05, 0) is 56.2 Å². The molecule has 7 heteroatoms. The highest BCUT2D eigenvalue weighted by Crippen LogP contribution is 2.44. The van der Waals surface area contributed by atoms with Crippen molar-refractivity contribution in [1.82, 2.24) is 4.90 Å². The molecule has 2 aromatic rings. The minimum Gasteiger partial charge on any atom is -0.378 e. The van der Waals surface area contributed by atoms with Gasteiger partial charge in [0.05, 0.1) is 11.3 Å². The van der Waals surface area contributed by atoms with Gasteiger partial charge in [0.25, 0.3) is 5.91 Å². The van der Waals surface area contributed by atoms with E-state index in [1.165, 1.54) is 0 Å². The van der Waals surface area contributed by atoms with Crippen molar-refractivity contribution in [3.63, 3.8) is 0 Å². The predicted octanol–water partition coefficient (Wildman–Crippen LogP) is 3.39. The summed E-state index contributed by atoms with van der Waals surface area (Å²) in [5.41, 5.74) is 3.22. The van der Waals surface area contributed by atoms with Crippen LogP contribution in [0.2, 0.25) is 0 Å². The molecule has 2 aliphatic rings. The van der Waals surface area contributed by atoms with Crippen molar-refractivity contribution in [3.05, 3.63) is 53.6 Å². The first kappa shape index (κ1) is 20.9. The molecule has 0 radical (unpaired) electrons. The minimum atomic E-state index is -0.744. The number of nitrogens with zero attached hydrogens (tertiary/aromatic N) is 3. The minimum absolute atomic E-state index is 0.00788. The molecule has 1 unspecified atom stereocenters. The summed E-state index contributed by atoms with van der Waals surface area (Å²) in [5.74, 6) is -0.288. The fraction of sp³-hybridized carbons (Fsp3) is 0.375. The predicted molar refractivity (Wildman–Crippen MR) is 121 cm³/mol. The van der Waals surface area contributed by atoms with E-state index in [2.05, 4.69) is 5.32 Å². The van der Waals surface area contributed by atoms with Crippen LogP contribution in [0.5, 0.6) is 0 Å². The molecule has 2 heterocycles. The van der Waals surface area contributed by atoms with Crippen molar-refractivity contribution < 1.29 is 14.4 Å². The van der Waals surface area contributed by atoms with Gasteiger partial charge in [-0.15, -0.1) is 0 Å². The van der Waals surface area contributed by atoms with Crippen molar-refractivity contribution in [1.29, 1.82) is 0 Å². The van der Waals surface area contributed by atoms with Gasteiger partial charge in [0.2, 0.25) is 11.8 Å². The summed E-state index contributed by atoms with van der Waals surface area (Å²) >= 11 is 0. The Morgan fingerprint density at radius 1 is 1.16 bits per heavy atom. The summed E-state index contributed by atoms with van der Waals surface area (Å²) < 4.78 is 0. The van der Waals surface area contributed by atoms with Crippen molar-refractivity contribution in [2.45, 2.75) is 38.8 Å². The summed E-state index contributed by atoms with van der Waals surface area (Å²) in [5, 5.41) is 2.95. The normalized spacial score (nSPS) is 19.9. The smallest absolute Gasteiger partial charge is 0.257 e. The van der Waals surface area contributed by atoms with Gasteiger partial charge < -0.3 is 15.1 Å². The molecule has 7 nitrogen and oxygen atoms in total. The number of nitrogens with one attached hydrogen (secondary N) is 1. The maximum absolute atomic E-state index is 13.2. The molecule has 0 spiro atoms. The maximum atomic E-state index is 13.2. The van der Waals surface area contributed by atoms with Crippen LogP contribution in [0.1, 0.15) is 42.1 Å². The number of amides is 3. The Morgan fingerprint density at radius 2 is 1.90 bits per heavy atom. The van der Waals surface area contributed by atoms with E-state index in [0.29, 0.717) is 24.1 Å². The highest BCUT2D eigenvalue weighted by atomic mass is 16.2. The molecule has 1 fully saturated rings. The second kappa shape index (κ2) is 7.72. The van der Waals surface area contributed by atoms with Crippen molar-refractivity contribution >= 4 is 34.8 Å². The van der Waals surface area contributed by atoms with Gasteiger partial charge in [-0.1, -0.05) is 12.1 Å². The number of anilines is 3. The lowest BCUT2D eigenvalue weighted by molar-refractivity contribution is -0.117. The van der Waals surface area contributed by atoms with Gasteiger partial charge in [0.1, 0.15) is 5.66 Å². The Hall–Kier alpha value is -3.35. The maximum Gasteiger partial charge on any atom is 0.257 e. The molecule has 1 atom stereocenters. The summed E-state index contributed by atoms with van der Waals surface area (Å²) in [4.78, 5) is 44.0. The van der Waals surface area contributed by atoms with E-state index < -0.39 is 5.66 Å². The summed E-state index contributed by atoms with van der Waals surface area (Å²) in [7, 11) is 3.94. The largest absolute Gasteiger partial charge is 0.378 e. The van der Waals surface area contributed by atoms with Crippen LogP contribution in [0.4, 0.5) is 17.1 Å². The van der Waals surface area contributed by atoms with E-state index in [4.69, 9.17) is 0 Å². The third kappa shape index (κ3) is 3.54. The van der Waals surface area contributed by atoms with Crippen LogP contribution in [0.3, 0.4) is 0 Å². The highest BCUT2D eigenvalue weighted by molar-refractivity contribution is 6.10. The first-order valence-corrected chi connectivity index (χ1v) is 10.5. The molecule has 2 aliphatic heterocycles. The zero-order valence-electron chi connectivity index (χ0n) is 18.4. The third-order valence-corrected chi connectivity index (χ3v) is 6.31. The Morgan fingerprint density at radius 3 is 2.61 bits per heavy atom. The van der Waals surface area contributed by atoms with Crippen molar-refractivity contribution in [2.24, 2.45) is 0 Å². The molecule has 4 rings (SSSR count). The first-order valence-electron chi connectivity index (χ1n) is 10.5. The summed E-state index contributed by atoms with van der Waals surface area (Å²) in [6, 6.07) is 13.1. The number of carbonyl (C=O) groups is 3. The number of hydrogen-bond acceptors (Lipinski definition) is 4. The van der Waals surface area contributed by atoms with E-state index in [9.17, 15) is 14.4 Å². The topological polar surface area (TPSA) is 73.0 Å². The standard InChI is InChI=1S/C24H28N4O3/c1-16-15-17(26(3)4)9-10-19(16)25-21(29)12-14-27-23(31)18-7-5-6-8-20(18)28-22(30)11-13-24(27,28)2/h5-10,15H,11-14H2,1-4H3,(H,25,29). The average Bonchev–Trinajstić information content (AvgIpc) is 3.04. The lowest BCUT2D eigenvalue weighted by Gasteiger charge is -2.48. The first-order chi connectivity index (χ1) is 14.7. The Labute approximate surface area is 182 Å². The molecule has 162 valence electrons. The summed E-state index contributed by atoms with van der Waals surface area (Å²) in [6.45, 7) is 4.11. The SMILES string of the molecule is Cc1cc(N(C)C)ccc1NC(=O)CCN1C(=O)c2ccccc2N2C(=O)CCC12C. The van der Waals surface area contributed by atoms with Crippen LogP contribution in [0, 0.1) is 6.92 Å². The number of carbonyl (C=O) groups excluding carboxylic acids is 3. The molecule has 1 saturated heterocycles. The third-order valence-electron chi connectivity index (χ3n) is 6.31. The van der Waals surface area contributed by atoms with E-state index in [0.717, 1.165) is 16.9 Å². The number of para-hydroxylation sites is 1. The van der Waals surface area contributed by atoms with Crippen molar-refractivity contribution in [3.8, 4) is 0 Å². The molecule has 0 aliphatic carbocycles. The molecule has 31 heavy (non-hydrogen) atoms. The van der Waals surface area contributed by atoms with Crippen molar-refractivity contribution in [2.75, 3.05) is 35.8 Å². The molecule has 0 aromatic heterocycles. The van der Waals surface area contributed by atoms with Gasteiger partial charge in [0, 0.05) is 44.9 Å². The van der Waals surface area contributed by atoms with Crippen LogP contribution in [-0.2, 0) is 9.59 Å². The molecular formula is C24H28N4O3. The van der Waals surface area contributed by atoms with Crippen LogP contribution in [-0.4, -0.2) is 48.9 Å². The lowest BCUT2D eigenvalue weighted by Crippen LogP contribution is -2.62. The van der Waals surface area contributed by atoms with E-state index >= 15 is 0 Å². The van der Waals surface area contributed by atoms with Crippen LogP contribution in [0.25, 0.3) is 0 Å². The zero-order valence-corrected chi connectivity index (χ0v) is 18.4. The van der Waals surface area contributed by atoms with E-state index in [1.54, 1.807) is 21.9 Å². The Kier molecular flexibility index (Phi) is 5.21. The number of fused-ring (bicyclic) bond motifs is 3. The van der Waals surface area contributed by atoms with Gasteiger partial charge >= 0.3 is 0 Å². The number of aryl methyl sites for hydroxylation is 1. The second-order valence-corrected chi connectivity index (χ2v) is 8.61. The fourth-order valence-corrected chi connectivity index (χ4v) is 4.53. The van der Waals surface area contributed by atoms with Gasteiger partial charge in [0.15, 0.2) is 0 Å². The molecular weight excluding hydrogens is 392 g/mol. The zero-order chi connectivity index (χ0) is 22.3. The van der Waals surface area contributed by atoms with Gasteiger partial charge in [-0.3, -0.25) is 19.3 Å². The lowest BCUT2D eigenvalue weighted by atomic mass is 9.98. The molecule has 0 bridgehead atoms. The molecule has 3 amide bonds. The number of benzene rings is 2. The summed E-state index contributed by atoms with van der Waals surface area (Å²) in [6.07, 6.45) is 1.09. The Balaban J connectivity index is 1.51.